The van der Waals surface area contributed by atoms with Crippen LogP contribution in [-0.4, -0.2) is 18.0 Å². The lowest BCUT2D eigenvalue weighted by atomic mass is 10.2. The molecule has 0 aliphatic heterocycles. The van der Waals surface area contributed by atoms with E-state index in [-0.39, 0.29) is 0 Å². The highest BCUT2D eigenvalue weighted by molar-refractivity contribution is 6.30. The molecule has 0 spiro atoms. The second kappa shape index (κ2) is 5.55. The smallest absolute Gasteiger partial charge is 0.245 e. The van der Waals surface area contributed by atoms with Gasteiger partial charge in [-0.15, -0.1) is 11.6 Å². The number of rotatable bonds is 4. The summed E-state index contributed by atoms with van der Waals surface area (Å²) in [6.07, 6.45) is 2.83. The number of hydrogen-bond acceptors (Lipinski definition) is 0. The van der Waals surface area contributed by atoms with Gasteiger partial charge in [-0.1, -0.05) is 23.8 Å². The Morgan fingerprint density at radius 3 is 2.46 bits per heavy atom. The molecule has 0 aliphatic carbocycles. The van der Waals surface area contributed by atoms with Crippen LogP contribution in [0.4, 0.5) is 13.2 Å². The summed E-state index contributed by atoms with van der Waals surface area (Å²) >= 11 is 10.4. The van der Waals surface area contributed by atoms with Crippen LogP contribution in [0.5, 0.6) is 0 Å². The highest BCUT2D eigenvalue weighted by Crippen LogP contribution is 2.28. The number of allylic oxidation sites excluding steroid dienone is 4. The lowest BCUT2D eigenvalue weighted by Gasteiger charge is -2.15. The summed E-state index contributed by atoms with van der Waals surface area (Å²) in [7, 11) is 0. The highest BCUT2D eigenvalue weighted by atomic mass is 35.5. The molecule has 0 aromatic heterocycles. The molecular formula is C8H9Cl2F3. The van der Waals surface area contributed by atoms with Crippen LogP contribution in [0.3, 0.4) is 0 Å². The molecule has 76 valence electrons. The standard InChI is InChI=1S/C8H9Cl2F3/c1-2-3-7(10)8(12,13)4-6(9)5-11/h2-4,7H,5H2,1H3. The van der Waals surface area contributed by atoms with Crippen LogP contribution in [0.1, 0.15) is 6.92 Å². The fraction of sp³-hybridized carbons (Fsp3) is 0.500. The van der Waals surface area contributed by atoms with Crippen molar-refractivity contribution in [3.63, 3.8) is 0 Å². The molecule has 0 radical (unpaired) electrons. The van der Waals surface area contributed by atoms with Gasteiger partial charge in [0.15, 0.2) is 0 Å². The Balaban J connectivity index is 4.55. The minimum atomic E-state index is -3.32. The minimum absolute atomic E-state index is 0.326. The van der Waals surface area contributed by atoms with Crippen LogP contribution >= 0.6 is 23.2 Å². The van der Waals surface area contributed by atoms with Crippen LogP contribution in [0.25, 0.3) is 0 Å². The maximum absolute atomic E-state index is 12.9. The lowest BCUT2D eigenvalue weighted by Crippen LogP contribution is -2.25. The Morgan fingerprint density at radius 1 is 1.54 bits per heavy atom. The van der Waals surface area contributed by atoms with E-state index in [1.165, 1.54) is 6.08 Å². The van der Waals surface area contributed by atoms with E-state index in [2.05, 4.69) is 0 Å². The predicted molar refractivity (Wildman–Crippen MR) is 49.3 cm³/mol. The summed E-state index contributed by atoms with van der Waals surface area (Å²) in [6.45, 7) is 0.447. The zero-order chi connectivity index (χ0) is 10.5. The second-order valence-electron chi connectivity index (χ2n) is 2.33. The molecule has 1 unspecified atom stereocenters. The molecular weight excluding hydrogens is 224 g/mol. The Morgan fingerprint density at radius 2 is 2.08 bits per heavy atom. The van der Waals surface area contributed by atoms with E-state index < -0.39 is 23.0 Å². The van der Waals surface area contributed by atoms with Gasteiger partial charge in [-0.25, -0.2) is 4.39 Å². The third kappa shape index (κ3) is 4.58. The number of alkyl halides is 4. The summed E-state index contributed by atoms with van der Waals surface area (Å²) in [4.78, 5) is 0. The van der Waals surface area contributed by atoms with Crippen molar-refractivity contribution in [1.82, 2.24) is 0 Å². The first kappa shape index (κ1) is 12.8. The normalized spacial score (nSPS) is 16.6. The van der Waals surface area contributed by atoms with Crippen molar-refractivity contribution in [2.75, 3.05) is 6.67 Å². The van der Waals surface area contributed by atoms with Crippen molar-refractivity contribution in [1.29, 1.82) is 0 Å². The van der Waals surface area contributed by atoms with Crippen LogP contribution in [0.2, 0.25) is 0 Å². The minimum Gasteiger partial charge on any atom is -0.245 e. The fourth-order valence-electron chi connectivity index (χ4n) is 0.624. The molecule has 0 rings (SSSR count). The summed E-state index contributed by atoms with van der Waals surface area (Å²) in [5.74, 6) is -3.32. The first-order valence-corrected chi connectivity index (χ1v) is 4.33. The zero-order valence-corrected chi connectivity index (χ0v) is 8.42. The topological polar surface area (TPSA) is 0 Å². The van der Waals surface area contributed by atoms with Crippen molar-refractivity contribution >= 4 is 23.2 Å². The molecule has 0 aliphatic rings. The Hall–Kier alpha value is -0.150. The third-order valence-corrected chi connectivity index (χ3v) is 1.85. The predicted octanol–water partition coefficient (Wildman–Crippen LogP) is 3.90. The molecule has 13 heavy (non-hydrogen) atoms. The van der Waals surface area contributed by atoms with Crippen LogP contribution in [0, 0.1) is 0 Å². The summed E-state index contributed by atoms with van der Waals surface area (Å²) < 4.78 is 37.6. The van der Waals surface area contributed by atoms with E-state index in [0.717, 1.165) is 6.08 Å². The zero-order valence-electron chi connectivity index (χ0n) is 6.91. The molecule has 0 fully saturated rings. The quantitative estimate of drug-likeness (QED) is 0.510. The van der Waals surface area contributed by atoms with Gasteiger partial charge in [0.1, 0.15) is 12.1 Å². The first-order chi connectivity index (χ1) is 5.94. The van der Waals surface area contributed by atoms with Crippen molar-refractivity contribution in [2.24, 2.45) is 0 Å². The van der Waals surface area contributed by atoms with Crippen molar-refractivity contribution in [2.45, 2.75) is 18.2 Å². The summed E-state index contributed by atoms with van der Waals surface area (Å²) in [5.41, 5.74) is 0. The molecule has 5 heteroatoms. The van der Waals surface area contributed by atoms with Gasteiger partial charge in [0.2, 0.25) is 0 Å². The molecule has 0 heterocycles. The van der Waals surface area contributed by atoms with Crippen molar-refractivity contribution < 1.29 is 13.2 Å². The first-order valence-electron chi connectivity index (χ1n) is 3.52. The van der Waals surface area contributed by atoms with E-state index in [1.54, 1.807) is 6.92 Å². The monoisotopic (exact) mass is 232 g/mol. The van der Waals surface area contributed by atoms with Crippen molar-refractivity contribution in [3.8, 4) is 0 Å². The Kier molecular flexibility index (Phi) is 5.49. The third-order valence-electron chi connectivity index (χ3n) is 1.21. The van der Waals surface area contributed by atoms with Gasteiger partial charge in [0, 0.05) is 6.08 Å². The summed E-state index contributed by atoms with van der Waals surface area (Å²) in [5, 5.41) is -2.04. The van der Waals surface area contributed by atoms with Gasteiger partial charge in [0.25, 0.3) is 5.92 Å². The van der Waals surface area contributed by atoms with E-state index in [4.69, 9.17) is 23.2 Å². The molecule has 0 nitrogen and oxygen atoms in total. The molecule has 0 saturated heterocycles. The van der Waals surface area contributed by atoms with Gasteiger partial charge >= 0.3 is 0 Å². The second-order valence-corrected chi connectivity index (χ2v) is 3.28. The molecule has 1 atom stereocenters. The largest absolute Gasteiger partial charge is 0.287 e. The molecule has 0 bridgehead atoms. The van der Waals surface area contributed by atoms with Gasteiger partial charge in [-0.2, -0.15) is 8.78 Å². The van der Waals surface area contributed by atoms with E-state index in [1.807, 2.05) is 0 Å². The molecule has 0 amide bonds. The Bertz CT molecular complexity index is 211. The SMILES string of the molecule is CC=CC(Cl)C(F)(F)C=C(Cl)CF. The highest BCUT2D eigenvalue weighted by Gasteiger charge is 2.34. The molecule has 0 saturated carbocycles. The van der Waals surface area contributed by atoms with E-state index in [9.17, 15) is 13.2 Å². The maximum Gasteiger partial charge on any atom is 0.287 e. The van der Waals surface area contributed by atoms with Gasteiger partial charge < -0.3 is 0 Å². The van der Waals surface area contributed by atoms with Crippen molar-refractivity contribution in [3.05, 3.63) is 23.3 Å². The van der Waals surface area contributed by atoms with Crippen LogP contribution < -0.4 is 0 Å². The maximum atomic E-state index is 12.9. The average Bonchev–Trinajstić information content (AvgIpc) is 2.04. The van der Waals surface area contributed by atoms with Crippen LogP contribution in [0.15, 0.2) is 23.3 Å². The van der Waals surface area contributed by atoms with Crippen LogP contribution in [-0.2, 0) is 0 Å². The fourth-order valence-corrected chi connectivity index (χ4v) is 0.978. The molecule has 0 N–H and O–H groups in total. The molecule has 0 aromatic carbocycles. The van der Waals surface area contributed by atoms with E-state index >= 15 is 0 Å². The summed E-state index contributed by atoms with van der Waals surface area (Å²) in [6, 6.07) is 0. The van der Waals surface area contributed by atoms with Gasteiger partial charge in [0.05, 0.1) is 5.03 Å². The van der Waals surface area contributed by atoms with Gasteiger partial charge in [-0.05, 0) is 6.92 Å². The average molecular weight is 233 g/mol. The number of hydrogen-bond donors (Lipinski definition) is 0. The lowest BCUT2D eigenvalue weighted by molar-refractivity contribution is 0.0617. The van der Waals surface area contributed by atoms with E-state index in [0.29, 0.717) is 6.08 Å². The Labute approximate surface area is 85.0 Å². The van der Waals surface area contributed by atoms with Gasteiger partial charge in [-0.3, -0.25) is 0 Å². The molecule has 0 aromatic rings. The number of halogens is 5.